The number of nitrogens with two attached hydrogens (primary N) is 1. The zero-order chi connectivity index (χ0) is 26.3. The van der Waals surface area contributed by atoms with Gasteiger partial charge in [-0.1, -0.05) is 23.7 Å². The van der Waals surface area contributed by atoms with Crippen LogP contribution >= 0.6 is 23.8 Å². The number of halogens is 4. The van der Waals surface area contributed by atoms with Crippen LogP contribution < -0.4 is 10.6 Å². The number of rotatable bonds is 4. The number of thiocarbonyl (C=S) groups is 1. The molecule has 0 bridgehead atoms. The van der Waals surface area contributed by atoms with Crippen LogP contribution in [0.15, 0.2) is 58.9 Å². The predicted octanol–water partition coefficient (Wildman–Crippen LogP) is 5.67. The molecule has 8 nitrogen and oxygen atoms in total. The first-order valence-electron chi connectivity index (χ1n) is 11.3. The van der Waals surface area contributed by atoms with Crippen LogP contribution in [-0.4, -0.2) is 50.8 Å². The molecule has 3 N–H and O–H groups in total. The third-order valence-electron chi connectivity index (χ3n) is 6.33. The minimum atomic E-state index is -4.42. The highest BCUT2D eigenvalue weighted by molar-refractivity contribution is 7.80. The number of azo groups is 1. The van der Waals surface area contributed by atoms with Crippen molar-refractivity contribution in [1.29, 1.82) is 0 Å². The normalized spacial score (nSPS) is 15.3. The van der Waals surface area contributed by atoms with E-state index in [0.717, 1.165) is 17.8 Å². The first-order chi connectivity index (χ1) is 17.6. The van der Waals surface area contributed by atoms with Crippen molar-refractivity contribution in [3.63, 3.8) is 0 Å². The fourth-order valence-corrected chi connectivity index (χ4v) is 4.88. The Hall–Kier alpha value is -3.48. The fourth-order valence-electron chi connectivity index (χ4n) is 4.58. The van der Waals surface area contributed by atoms with E-state index < -0.39 is 11.7 Å². The molecule has 37 heavy (non-hydrogen) atoms. The van der Waals surface area contributed by atoms with E-state index in [9.17, 15) is 18.3 Å². The van der Waals surface area contributed by atoms with Gasteiger partial charge in [0.2, 0.25) is 5.11 Å². The molecule has 5 rings (SSSR count). The topological polar surface area (TPSA) is 95.3 Å². The SMILES string of the molecule is NC(=S)N=Nc1c(O)c2c(Cl)cccc2n1CN1CCN(c2ccnc3cc(C(F)(F)F)ccc23)CC1. The van der Waals surface area contributed by atoms with Crippen LogP contribution in [0.5, 0.6) is 5.75 Å². The van der Waals surface area contributed by atoms with Gasteiger partial charge in [-0.3, -0.25) is 9.88 Å². The molecule has 2 aromatic heterocycles. The van der Waals surface area contributed by atoms with Gasteiger partial charge in [-0.15, -0.1) is 10.2 Å². The molecule has 3 heterocycles. The number of nitrogens with zero attached hydrogens (tertiary/aromatic N) is 6. The van der Waals surface area contributed by atoms with Gasteiger partial charge in [-0.2, -0.15) is 13.2 Å². The first-order valence-corrected chi connectivity index (χ1v) is 12.1. The molecule has 0 radical (unpaired) electrons. The van der Waals surface area contributed by atoms with E-state index in [-0.39, 0.29) is 16.7 Å². The monoisotopic (exact) mass is 547 g/mol. The van der Waals surface area contributed by atoms with Gasteiger partial charge in [-0.05, 0) is 42.5 Å². The van der Waals surface area contributed by atoms with Crippen molar-refractivity contribution in [2.45, 2.75) is 12.8 Å². The lowest BCUT2D eigenvalue weighted by atomic mass is 10.1. The average molecular weight is 548 g/mol. The fraction of sp³-hybridized carbons (Fsp3) is 0.250. The quantitative estimate of drug-likeness (QED) is 0.252. The van der Waals surface area contributed by atoms with Crippen molar-refractivity contribution in [2.75, 3.05) is 31.1 Å². The summed E-state index contributed by atoms with van der Waals surface area (Å²) in [7, 11) is 0. The number of piperazine rings is 1. The maximum atomic E-state index is 13.1. The van der Waals surface area contributed by atoms with Gasteiger partial charge in [0.1, 0.15) is 0 Å². The maximum Gasteiger partial charge on any atom is 0.416 e. The van der Waals surface area contributed by atoms with Crippen molar-refractivity contribution >= 4 is 62.2 Å². The lowest BCUT2D eigenvalue weighted by Crippen LogP contribution is -2.46. The van der Waals surface area contributed by atoms with Crippen LogP contribution in [0.4, 0.5) is 24.7 Å². The zero-order valence-electron chi connectivity index (χ0n) is 19.3. The highest BCUT2D eigenvalue weighted by Gasteiger charge is 2.31. The number of pyridine rings is 1. The van der Waals surface area contributed by atoms with Crippen molar-refractivity contribution < 1.29 is 18.3 Å². The van der Waals surface area contributed by atoms with Crippen molar-refractivity contribution in [2.24, 2.45) is 16.0 Å². The summed E-state index contributed by atoms with van der Waals surface area (Å²) in [5, 5.41) is 20.0. The van der Waals surface area contributed by atoms with Gasteiger partial charge in [-0.25, -0.2) is 0 Å². The summed E-state index contributed by atoms with van der Waals surface area (Å²) in [5.74, 6) is 0.0830. The molecular formula is C24H21ClF3N7OS. The highest BCUT2D eigenvalue weighted by Crippen LogP contribution is 2.42. The summed E-state index contributed by atoms with van der Waals surface area (Å²) >= 11 is 11.1. The Morgan fingerprint density at radius 1 is 1.14 bits per heavy atom. The molecule has 1 aliphatic heterocycles. The largest absolute Gasteiger partial charge is 0.504 e. The first kappa shape index (κ1) is 25.2. The van der Waals surface area contributed by atoms with E-state index >= 15 is 0 Å². The lowest BCUT2D eigenvalue weighted by Gasteiger charge is -2.36. The molecule has 1 saturated heterocycles. The second kappa shape index (κ2) is 9.77. The number of benzene rings is 2. The molecule has 1 fully saturated rings. The maximum absolute atomic E-state index is 13.1. The van der Waals surface area contributed by atoms with Crippen molar-refractivity contribution in [1.82, 2.24) is 14.5 Å². The van der Waals surface area contributed by atoms with Gasteiger partial charge >= 0.3 is 6.18 Å². The van der Waals surface area contributed by atoms with E-state index in [4.69, 9.17) is 29.6 Å². The molecule has 13 heteroatoms. The van der Waals surface area contributed by atoms with E-state index in [0.29, 0.717) is 59.7 Å². The van der Waals surface area contributed by atoms with E-state index in [2.05, 4.69) is 25.0 Å². The van der Waals surface area contributed by atoms with Gasteiger partial charge < -0.3 is 20.3 Å². The molecule has 1 aliphatic rings. The van der Waals surface area contributed by atoms with Crippen LogP contribution in [-0.2, 0) is 12.8 Å². The van der Waals surface area contributed by atoms with Crippen LogP contribution in [0.1, 0.15) is 5.56 Å². The number of aromatic nitrogens is 2. The van der Waals surface area contributed by atoms with Gasteiger partial charge in [0.05, 0.1) is 33.7 Å². The summed E-state index contributed by atoms with van der Waals surface area (Å²) in [6.45, 7) is 2.96. The van der Waals surface area contributed by atoms with Gasteiger partial charge in [0.15, 0.2) is 11.6 Å². The van der Waals surface area contributed by atoms with E-state index in [1.807, 2.05) is 12.1 Å². The highest BCUT2D eigenvalue weighted by atomic mass is 35.5. The average Bonchev–Trinajstić information content (AvgIpc) is 3.13. The van der Waals surface area contributed by atoms with Gasteiger partial charge in [0.25, 0.3) is 0 Å². The Labute approximate surface area is 219 Å². The molecule has 0 atom stereocenters. The lowest BCUT2D eigenvalue weighted by molar-refractivity contribution is -0.137. The Morgan fingerprint density at radius 2 is 1.89 bits per heavy atom. The predicted molar refractivity (Wildman–Crippen MR) is 140 cm³/mol. The second-order valence-corrected chi connectivity index (χ2v) is 9.40. The van der Waals surface area contributed by atoms with Crippen molar-refractivity contribution in [3.05, 3.63) is 59.2 Å². The minimum absolute atomic E-state index is 0.110. The van der Waals surface area contributed by atoms with Crippen LogP contribution in [0.3, 0.4) is 0 Å². The Balaban J connectivity index is 1.39. The number of fused-ring (bicyclic) bond motifs is 2. The molecule has 4 aromatic rings. The van der Waals surface area contributed by atoms with E-state index in [1.54, 1.807) is 16.7 Å². The Kier molecular flexibility index (Phi) is 6.65. The van der Waals surface area contributed by atoms with Crippen LogP contribution in [0, 0.1) is 0 Å². The number of hydrogen-bond acceptors (Lipinski definition) is 6. The molecule has 0 saturated carbocycles. The zero-order valence-corrected chi connectivity index (χ0v) is 20.9. The second-order valence-electron chi connectivity index (χ2n) is 8.58. The molecule has 192 valence electrons. The van der Waals surface area contributed by atoms with E-state index in [1.165, 1.54) is 12.3 Å². The number of hydrogen-bond donors (Lipinski definition) is 2. The number of alkyl halides is 3. The molecule has 0 unspecified atom stereocenters. The summed E-state index contributed by atoms with van der Waals surface area (Å²) in [6, 6.07) is 10.7. The Morgan fingerprint density at radius 3 is 2.59 bits per heavy atom. The van der Waals surface area contributed by atoms with Crippen LogP contribution in [0.2, 0.25) is 5.02 Å². The molecule has 0 aliphatic carbocycles. The number of anilines is 1. The summed E-state index contributed by atoms with van der Waals surface area (Å²) in [6.07, 6.45) is -2.89. The van der Waals surface area contributed by atoms with Crippen LogP contribution in [0.25, 0.3) is 21.8 Å². The third-order valence-corrected chi connectivity index (χ3v) is 6.73. The smallest absolute Gasteiger partial charge is 0.416 e. The third kappa shape index (κ3) is 4.91. The molecular weight excluding hydrogens is 527 g/mol. The number of aromatic hydroxyl groups is 1. The Bertz CT molecular complexity index is 1530. The standard InChI is InChI=1S/C24H21ClF3N7OS/c25-16-2-1-3-19-20(16)21(36)22(31-32-23(29)37)35(19)13-33-8-10-34(11-9-33)18-6-7-30-17-12-14(24(26,27)28)4-5-15(17)18/h1-7,12,36H,8-11,13H2,(H2,29,37). The summed E-state index contributed by atoms with van der Waals surface area (Å²) < 4.78 is 41.2. The summed E-state index contributed by atoms with van der Waals surface area (Å²) in [4.78, 5) is 8.44. The van der Waals surface area contributed by atoms with Crippen molar-refractivity contribution in [3.8, 4) is 5.75 Å². The molecule has 0 amide bonds. The molecule has 2 aromatic carbocycles. The molecule has 0 spiro atoms. The summed E-state index contributed by atoms with van der Waals surface area (Å²) in [5.41, 5.74) is 6.56. The minimum Gasteiger partial charge on any atom is -0.504 e. The van der Waals surface area contributed by atoms with Gasteiger partial charge in [0, 0.05) is 43.4 Å².